The Hall–Kier alpha value is -1.79. The Kier molecular flexibility index (Phi) is 11.5. The van der Waals surface area contributed by atoms with Gasteiger partial charge in [0.15, 0.2) is 5.96 Å². The summed E-state index contributed by atoms with van der Waals surface area (Å²) in [5, 5.41) is 6.73. The third-order valence-electron chi connectivity index (χ3n) is 5.26. The maximum Gasteiger partial charge on any atom is 0.191 e. The van der Waals surface area contributed by atoms with Gasteiger partial charge in [-0.1, -0.05) is 31.9 Å². The van der Waals surface area contributed by atoms with E-state index >= 15 is 0 Å². The molecule has 1 fully saturated rings. The van der Waals surface area contributed by atoms with Gasteiger partial charge in [0.2, 0.25) is 0 Å². The number of hydrogen-bond acceptors (Lipinski definition) is 4. The molecule has 0 amide bonds. The first-order chi connectivity index (χ1) is 14.2. The van der Waals surface area contributed by atoms with E-state index in [-0.39, 0.29) is 0 Å². The third-order valence-corrected chi connectivity index (χ3v) is 5.26. The number of guanidine groups is 1. The quantitative estimate of drug-likeness (QED) is 0.318. The number of unbranched alkanes of at least 4 members (excludes halogenated alkanes) is 2. The maximum absolute atomic E-state index is 6.00. The van der Waals surface area contributed by atoms with Gasteiger partial charge in [-0.05, 0) is 50.9 Å². The van der Waals surface area contributed by atoms with E-state index in [0.29, 0.717) is 19.2 Å². The van der Waals surface area contributed by atoms with Crippen LogP contribution < -0.4 is 15.4 Å². The Bertz CT molecular complexity index is 588. The summed E-state index contributed by atoms with van der Waals surface area (Å²) in [6.07, 6.45) is 5.88. The summed E-state index contributed by atoms with van der Waals surface area (Å²) in [6.45, 7) is 10.2. The van der Waals surface area contributed by atoms with E-state index in [1.165, 1.54) is 19.3 Å². The predicted molar refractivity (Wildman–Crippen MR) is 121 cm³/mol. The second kappa shape index (κ2) is 14.2. The van der Waals surface area contributed by atoms with Gasteiger partial charge in [0.05, 0.1) is 6.54 Å². The first-order valence-electron chi connectivity index (χ1n) is 11.2. The Morgan fingerprint density at radius 3 is 2.79 bits per heavy atom. The fourth-order valence-corrected chi connectivity index (χ4v) is 3.44. The molecule has 1 aromatic rings. The molecule has 6 nitrogen and oxygen atoms in total. The first kappa shape index (κ1) is 23.5. The summed E-state index contributed by atoms with van der Waals surface area (Å²) >= 11 is 0. The molecule has 0 bridgehead atoms. The van der Waals surface area contributed by atoms with Crippen LogP contribution in [-0.2, 0) is 11.3 Å². The summed E-state index contributed by atoms with van der Waals surface area (Å²) in [5.74, 6) is 1.80. The van der Waals surface area contributed by atoms with Crippen molar-refractivity contribution in [2.75, 3.05) is 46.5 Å². The molecule has 0 saturated carbocycles. The molecular weight excluding hydrogens is 364 g/mol. The van der Waals surface area contributed by atoms with E-state index in [4.69, 9.17) is 14.5 Å². The molecule has 0 aromatic heterocycles. The van der Waals surface area contributed by atoms with Crippen molar-refractivity contribution < 1.29 is 9.47 Å². The van der Waals surface area contributed by atoms with Crippen LogP contribution in [0.2, 0.25) is 0 Å². The highest BCUT2D eigenvalue weighted by Gasteiger charge is 2.17. The minimum absolute atomic E-state index is 0.613. The van der Waals surface area contributed by atoms with E-state index in [1.807, 2.05) is 12.1 Å². The number of hydrogen-bond donors (Lipinski definition) is 2. The monoisotopic (exact) mass is 404 g/mol. The molecule has 0 spiro atoms. The van der Waals surface area contributed by atoms with Crippen LogP contribution >= 0.6 is 0 Å². The minimum Gasteiger partial charge on any atom is -0.492 e. The summed E-state index contributed by atoms with van der Waals surface area (Å²) in [5.41, 5.74) is 1.16. The van der Waals surface area contributed by atoms with Crippen molar-refractivity contribution in [1.82, 2.24) is 15.5 Å². The van der Waals surface area contributed by atoms with Crippen LogP contribution in [-0.4, -0.2) is 63.4 Å². The zero-order valence-corrected chi connectivity index (χ0v) is 18.6. The largest absolute Gasteiger partial charge is 0.492 e. The van der Waals surface area contributed by atoms with Gasteiger partial charge in [-0.25, -0.2) is 4.99 Å². The van der Waals surface area contributed by atoms with Crippen LogP contribution in [0.25, 0.3) is 0 Å². The molecule has 1 aromatic carbocycles. The number of ether oxygens (including phenoxy) is 2. The molecule has 2 rings (SSSR count). The van der Waals surface area contributed by atoms with Crippen LogP contribution in [0.3, 0.4) is 0 Å². The summed E-state index contributed by atoms with van der Waals surface area (Å²) in [4.78, 5) is 7.10. The first-order valence-corrected chi connectivity index (χ1v) is 11.2. The Morgan fingerprint density at radius 2 is 2.03 bits per heavy atom. The second-order valence-corrected chi connectivity index (χ2v) is 7.65. The van der Waals surface area contributed by atoms with E-state index in [9.17, 15) is 0 Å². The van der Waals surface area contributed by atoms with Crippen LogP contribution in [0.4, 0.5) is 0 Å². The highest BCUT2D eigenvalue weighted by Crippen LogP contribution is 2.15. The van der Waals surface area contributed by atoms with Gasteiger partial charge in [0, 0.05) is 38.9 Å². The van der Waals surface area contributed by atoms with Crippen molar-refractivity contribution in [2.45, 2.75) is 58.5 Å². The van der Waals surface area contributed by atoms with Crippen LogP contribution in [0.15, 0.2) is 29.3 Å². The van der Waals surface area contributed by atoms with E-state index in [1.54, 1.807) is 0 Å². The van der Waals surface area contributed by atoms with Gasteiger partial charge in [-0.2, -0.15) is 0 Å². The van der Waals surface area contributed by atoms with E-state index in [0.717, 1.165) is 63.0 Å². The Balaban J connectivity index is 1.77. The molecular formula is C23H40N4O2. The molecule has 1 saturated heterocycles. The topological polar surface area (TPSA) is 58.1 Å². The second-order valence-electron chi connectivity index (χ2n) is 7.65. The summed E-state index contributed by atoms with van der Waals surface area (Å²) < 4.78 is 11.4. The van der Waals surface area contributed by atoms with Crippen LogP contribution in [0.1, 0.15) is 51.5 Å². The Labute approximate surface area is 177 Å². The zero-order chi connectivity index (χ0) is 20.7. The average Bonchev–Trinajstić information content (AvgIpc) is 2.76. The lowest BCUT2D eigenvalue weighted by molar-refractivity contribution is 0.0392. The van der Waals surface area contributed by atoms with Gasteiger partial charge >= 0.3 is 0 Å². The molecule has 29 heavy (non-hydrogen) atoms. The lowest BCUT2D eigenvalue weighted by atomic mass is 10.1. The number of nitrogens with zero attached hydrogens (tertiary/aromatic N) is 2. The summed E-state index contributed by atoms with van der Waals surface area (Å²) in [6, 6.07) is 8.88. The van der Waals surface area contributed by atoms with E-state index in [2.05, 4.69) is 48.6 Å². The lowest BCUT2D eigenvalue weighted by Gasteiger charge is -2.31. The molecule has 2 N–H and O–H groups in total. The van der Waals surface area contributed by atoms with Gasteiger partial charge in [-0.3, -0.25) is 4.90 Å². The van der Waals surface area contributed by atoms with Crippen molar-refractivity contribution in [3.8, 4) is 5.75 Å². The van der Waals surface area contributed by atoms with Crippen molar-refractivity contribution in [2.24, 2.45) is 4.99 Å². The van der Waals surface area contributed by atoms with Crippen molar-refractivity contribution in [3.63, 3.8) is 0 Å². The fourth-order valence-electron chi connectivity index (χ4n) is 3.44. The molecule has 0 radical (unpaired) electrons. The van der Waals surface area contributed by atoms with Crippen molar-refractivity contribution in [1.29, 1.82) is 0 Å². The van der Waals surface area contributed by atoms with E-state index < -0.39 is 0 Å². The minimum atomic E-state index is 0.613. The highest BCUT2D eigenvalue weighted by molar-refractivity contribution is 5.79. The zero-order valence-electron chi connectivity index (χ0n) is 18.6. The molecule has 0 aliphatic carbocycles. The molecule has 0 atom stereocenters. The smallest absolute Gasteiger partial charge is 0.191 e. The van der Waals surface area contributed by atoms with Crippen molar-refractivity contribution >= 4 is 5.96 Å². The average molecular weight is 405 g/mol. The highest BCUT2D eigenvalue weighted by atomic mass is 16.5. The fraction of sp³-hybridized carbons (Fsp3) is 0.696. The summed E-state index contributed by atoms with van der Waals surface area (Å²) in [7, 11) is 2.18. The van der Waals surface area contributed by atoms with Crippen molar-refractivity contribution in [3.05, 3.63) is 29.8 Å². The number of benzene rings is 1. The molecule has 1 aliphatic rings. The number of aliphatic imine (C=N–C) groups is 1. The predicted octanol–water partition coefficient (Wildman–Crippen LogP) is 3.42. The Morgan fingerprint density at radius 1 is 1.21 bits per heavy atom. The SMILES string of the molecule is CCCCCNC(=NCc1cccc(OCCN(C)C2CCOCC2)c1)NCC. The van der Waals surface area contributed by atoms with Gasteiger partial charge < -0.3 is 20.1 Å². The molecule has 1 aliphatic heterocycles. The van der Waals surface area contributed by atoms with Gasteiger partial charge in [-0.15, -0.1) is 0 Å². The van der Waals surface area contributed by atoms with Gasteiger partial charge in [0.25, 0.3) is 0 Å². The lowest BCUT2D eigenvalue weighted by Crippen LogP contribution is -2.38. The molecule has 164 valence electrons. The maximum atomic E-state index is 6.00. The standard InChI is InChI=1S/C23H40N4O2/c1-4-6-7-13-25-23(24-5-2)26-19-20-9-8-10-22(18-20)29-17-14-27(3)21-11-15-28-16-12-21/h8-10,18,21H,4-7,11-17,19H2,1-3H3,(H2,24,25,26). The van der Waals surface area contributed by atoms with Gasteiger partial charge in [0.1, 0.15) is 12.4 Å². The van der Waals surface area contributed by atoms with Crippen LogP contribution in [0, 0.1) is 0 Å². The molecule has 1 heterocycles. The third kappa shape index (κ3) is 9.50. The number of rotatable bonds is 12. The number of nitrogens with one attached hydrogen (secondary N) is 2. The molecule has 0 unspecified atom stereocenters. The number of likely N-dealkylation sites (N-methyl/N-ethyl adjacent to an activating group) is 1. The van der Waals surface area contributed by atoms with Crippen LogP contribution in [0.5, 0.6) is 5.75 Å². The normalized spacial score (nSPS) is 15.5. The molecule has 6 heteroatoms.